The first-order chi connectivity index (χ1) is 11.4. The summed E-state index contributed by atoms with van der Waals surface area (Å²) in [5.74, 6) is -0.327. The third-order valence-corrected chi connectivity index (χ3v) is 5.97. The van der Waals surface area contributed by atoms with Crippen molar-refractivity contribution in [2.75, 3.05) is 13.1 Å². The van der Waals surface area contributed by atoms with Crippen molar-refractivity contribution < 1.29 is 17.5 Å². The maximum Gasteiger partial charge on any atom is 0.243 e. The lowest BCUT2D eigenvalue weighted by Crippen LogP contribution is -2.45. The van der Waals surface area contributed by atoms with Crippen LogP contribution in [0.15, 0.2) is 53.4 Å². The molecule has 0 N–H and O–H groups in total. The average Bonchev–Trinajstić information content (AvgIpc) is 2.55. The highest BCUT2D eigenvalue weighted by molar-refractivity contribution is 7.89. The van der Waals surface area contributed by atoms with Crippen LogP contribution in [-0.4, -0.2) is 31.9 Å². The highest BCUT2D eigenvalue weighted by atomic mass is 32.2. The molecule has 0 saturated carbocycles. The molecule has 4 nitrogen and oxygen atoms in total. The molecule has 1 saturated heterocycles. The first-order valence-corrected chi connectivity index (χ1v) is 9.28. The fourth-order valence-electron chi connectivity index (χ4n) is 2.83. The number of rotatable bonds is 3. The molecule has 1 heterocycles. The van der Waals surface area contributed by atoms with Gasteiger partial charge in [0.05, 0.1) is 17.1 Å². The Balaban J connectivity index is 1.87. The molecule has 1 aliphatic heterocycles. The molecule has 2 aromatic carbocycles. The van der Waals surface area contributed by atoms with Gasteiger partial charge in [0.2, 0.25) is 10.0 Å². The molecular formula is C18H20FNO3S. The van der Waals surface area contributed by atoms with Crippen LogP contribution >= 0.6 is 0 Å². The van der Waals surface area contributed by atoms with E-state index in [0.29, 0.717) is 6.54 Å². The summed E-state index contributed by atoms with van der Waals surface area (Å²) in [6, 6.07) is 12.8. The molecule has 3 rings (SSSR count). The van der Waals surface area contributed by atoms with Crippen LogP contribution < -0.4 is 0 Å². The maximum atomic E-state index is 13.1. The predicted molar refractivity (Wildman–Crippen MR) is 89.6 cm³/mol. The van der Waals surface area contributed by atoms with Crippen LogP contribution in [-0.2, 0) is 14.8 Å². The summed E-state index contributed by atoms with van der Waals surface area (Å²) in [4.78, 5) is 0.278. The van der Waals surface area contributed by atoms with Crippen LogP contribution in [0.25, 0.3) is 0 Å². The Bertz CT molecular complexity index is 803. The molecule has 0 amide bonds. The van der Waals surface area contributed by atoms with Gasteiger partial charge in [0.25, 0.3) is 0 Å². The van der Waals surface area contributed by atoms with Crippen molar-refractivity contribution in [3.05, 3.63) is 65.5 Å². The lowest BCUT2D eigenvalue weighted by molar-refractivity contribution is -0.0557. The van der Waals surface area contributed by atoms with Gasteiger partial charge in [-0.2, -0.15) is 4.31 Å². The summed E-state index contributed by atoms with van der Waals surface area (Å²) in [6.45, 7) is 4.27. The van der Waals surface area contributed by atoms with Gasteiger partial charge in [-0.25, -0.2) is 12.8 Å². The van der Waals surface area contributed by atoms with Crippen LogP contribution in [0.1, 0.15) is 24.2 Å². The van der Waals surface area contributed by atoms with Crippen molar-refractivity contribution in [1.82, 2.24) is 4.31 Å². The minimum Gasteiger partial charge on any atom is -0.368 e. The minimum absolute atomic E-state index is 0.214. The highest BCUT2D eigenvalue weighted by Gasteiger charge is 2.34. The van der Waals surface area contributed by atoms with E-state index in [0.717, 1.165) is 11.1 Å². The fourth-order valence-corrected chi connectivity index (χ4v) is 4.35. The summed E-state index contributed by atoms with van der Waals surface area (Å²) in [5, 5.41) is 0. The summed E-state index contributed by atoms with van der Waals surface area (Å²) >= 11 is 0. The van der Waals surface area contributed by atoms with E-state index in [1.165, 1.54) is 16.4 Å². The molecule has 0 aromatic heterocycles. The minimum atomic E-state index is -3.58. The van der Waals surface area contributed by atoms with E-state index in [1.807, 2.05) is 13.8 Å². The SMILES string of the molecule is Cc1ccc(S(=O)(=O)N2CC(C)OC(c3ccc(F)cc3)C2)cc1. The Hall–Kier alpha value is -1.76. The Morgan fingerprint density at radius 2 is 1.67 bits per heavy atom. The van der Waals surface area contributed by atoms with Gasteiger partial charge in [0.1, 0.15) is 5.82 Å². The Labute approximate surface area is 141 Å². The van der Waals surface area contributed by atoms with E-state index in [4.69, 9.17) is 4.74 Å². The number of ether oxygens (including phenoxy) is 1. The van der Waals surface area contributed by atoms with E-state index < -0.39 is 16.1 Å². The largest absolute Gasteiger partial charge is 0.368 e. The van der Waals surface area contributed by atoms with E-state index in [1.54, 1.807) is 36.4 Å². The van der Waals surface area contributed by atoms with Gasteiger partial charge >= 0.3 is 0 Å². The Morgan fingerprint density at radius 1 is 1.04 bits per heavy atom. The summed E-state index contributed by atoms with van der Waals surface area (Å²) in [5.41, 5.74) is 1.78. The average molecular weight is 349 g/mol. The molecule has 128 valence electrons. The second kappa shape index (κ2) is 6.63. The van der Waals surface area contributed by atoms with Crippen molar-refractivity contribution in [1.29, 1.82) is 0 Å². The van der Waals surface area contributed by atoms with E-state index >= 15 is 0 Å². The summed E-state index contributed by atoms with van der Waals surface area (Å²) in [6.07, 6.45) is -0.649. The van der Waals surface area contributed by atoms with E-state index in [9.17, 15) is 12.8 Å². The Morgan fingerprint density at radius 3 is 2.29 bits per heavy atom. The van der Waals surface area contributed by atoms with Gasteiger partial charge < -0.3 is 4.74 Å². The van der Waals surface area contributed by atoms with Crippen molar-refractivity contribution in [2.24, 2.45) is 0 Å². The van der Waals surface area contributed by atoms with Gasteiger partial charge in [-0.1, -0.05) is 29.8 Å². The number of morpholine rings is 1. The van der Waals surface area contributed by atoms with E-state index in [2.05, 4.69) is 0 Å². The molecule has 2 aromatic rings. The normalized spacial score (nSPS) is 22.5. The molecule has 2 unspecified atom stereocenters. The number of benzene rings is 2. The van der Waals surface area contributed by atoms with Crippen LogP contribution in [0.5, 0.6) is 0 Å². The van der Waals surface area contributed by atoms with Crippen LogP contribution in [0.3, 0.4) is 0 Å². The van der Waals surface area contributed by atoms with Crippen molar-refractivity contribution in [2.45, 2.75) is 31.0 Å². The topological polar surface area (TPSA) is 46.6 Å². The first-order valence-electron chi connectivity index (χ1n) is 7.84. The van der Waals surface area contributed by atoms with Crippen molar-refractivity contribution in [3.63, 3.8) is 0 Å². The summed E-state index contributed by atoms with van der Waals surface area (Å²) in [7, 11) is -3.58. The highest BCUT2D eigenvalue weighted by Crippen LogP contribution is 2.29. The molecule has 0 radical (unpaired) electrons. The van der Waals surface area contributed by atoms with Gasteiger partial charge in [-0.3, -0.25) is 0 Å². The van der Waals surface area contributed by atoms with Gasteiger partial charge in [-0.05, 0) is 43.7 Å². The van der Waals surface area contributed by atoms with Gasteiger partial charge in [-0.15, -0.1) is 0 Å². The van der Waals surface area contributed by atoms with Crippen molar-refractivity contribution >= 4 is 10.0 Å². The standard InChI is InChI=1S/C18H20FNO3S/c1-13-3-9-17(10-4-13)24(21,22)20-11-14(2)23-18(12-20)15-5-7-16(19)8-6-15/h3-10,14,18H,11-12H2,1-2H3. The number of aryl methyl sites for hydroxylation is 1. The molecule has 1 aliphatic rings. The smallest absolute Gasteiger partial charge is 0.243 e. The first kappa shape index (κ1) is 17.1. The number of halogens is 1. The molecule has 6 heteroatoms. The number of hydrogen-bond acceptors (Lipinski definition) is 3. The third-order valence-electron chi connectivity index (χ3n) is 4.13. The molecule has 0 bridgehead atoms. The molecule has 0 aliphatic carbocycles. The fraction of sp³-hybridized carbons (Fsp3) is 0.333. The number of sulfonamides is 1. The predicted octanol–water partition coefficient (Wildman–Crippen LogP) is 3.28. The molecular weight excluding hydrogens is 329 g/mol. The molecule has 0 spiro atoms. The third kappa shape index (κ3) is 3.50. The quantitative estimate of drug-likeness (QED) is 0.854. The monoisotopic (exact) mass is 349 g/mol. The van der Waals surface area contributed by atoms with E-state index in [-0.39, 0.29) is 23.4 Å². The second-order valence-electron chi connectivity index (χ2n) is 6.12. The lowest BCUT2D eigenvalue weighted by atomic mass is 10.1. The number of hydrogen-bond donors (Lipinski definition) is 0. The number of nitrogens with zero attached hydrogens (tertiary/aromatic N) is 1. The van der Waals surface area contributed by atoms with Crippen molar-refractivity contribution in [3.8, 4) is 0 Å². The lowest BCUT2D eigenvalue weighted by Gasteiger charge is -2.36. The zero-order chi connectivity index (χ0) is 17.3. The maximum absolute atomic E-state index is 13.1. The van der Waals surface area contributed by atoms with Crippen LogP contribution in [0.4, 0.5) is 4.39 Å². The van der Waals surface area contributed by atoms with Gasteiger partial charge in [0, 0.05) is 13.1 Å². The Kier molecular flexibility index (Phi) is 4.71. The van der Waals surface area contributed by atoms with Crippen LogP contribution in [0, 0.1) is 12.7 Å². The zero-order valence-electron chi connectivity index (χ0n) is 13.6. The molecule has 1 fully saturated rings. The zero-order valence-corrected chi connectivity index (χ0v) is 14.5. The second-order valence-corrected chi connectivity index (χ2v) is 8.06. The molecule has 2 atom stereocenters. The summed E-state index contributed by atoms with van der Waals surface area (Å²) < 4.78 is 46.2. The molecule has 24 heavy (non-hydrogen) atoms. The van der Waals surface area contributed by atoms with Gasteiger partial charge in [0.15, 0.2) is 0 Å². The van der Waals surface area contributed by atoms with Crippen LogP contribution in [0.2, 0.25) is 0 Å².